The monoisotopic (exact) mass is 325 g/mol. The zero-order chi connectivity index (χ0) is 18.2. The summed E-state index contributed by atoms with van der Waals surface area (Å²) in [5.74, 6) is 0.212. The first-order chi connectivity index (χ1) is 11.8. The molecule has 0 bridgehead atoms. The van der Waals surface area contributed by atoms with E-state index < -0.39 is 0 Å². The lowest BCUT2D eigenvalue weighted by Gasteiger charge is -2.15. The van der Waals surface area contributed by atoms with Gasteiger partial charge in [-0.05, 0) is 30.0 Å². The Kier molecular flexibility index (Phi) is 12.9. The molecule has 0 saturated heterocycles. The lowest BCUT2D eigenvalue weighted by molar-refractivity contribution is -0.116. The maximum absolute atomic E-state index is 12.1. The lowest BCUT2D eigenvalue weighted by Crippen LogP contribution is -2.15. The normalized spacial score (nSPS) is 10.2. The number of para-hydroxylation sites is 1. The first-order valence-corrected chi connectivity index (χ1v) is 8.80. The molecule has 0 fully saturated rings. The summed E-state index contributed by atoms with van der Waals surface area (Å²) < 4.78 is 0. The standard InChI is InChI=1S/C18H19NO.2C2H6/c1-2-9-16(15-10-5-3-6-11-15)14-18(20)19-17-12-7-4-8-13-17;2*1-2/h2-8,10-13,16H,1,9,14H2,(H,19,20);2*1-2H3/t16-;;/m1../s1. The Balaban J connectivity index is 0.00000123. The molecule has 1 amide bonds. The van der Waals surface area contributed by atoms with Crippen LogP contribution in [0.5, 0.6) is 0 Å². The number of rotatable bonds is 6. The van der Waals surface area contributed by atoms with Gasteiger partial charge in [0.15, 0.2) is 0 Å². The molecule has 2 aromatic rings. The van der Waals surface area contributed by atoms with E-state index in [-0.39, 0.29) is 11.8 Å². The van der Waals surface area contributed by atoms with Gasteiger partial charge in [-0.3, -0.25) is 4.79 Å². The van der Waals surface area contributed by atoms with Crippen LogP contribution in [-0.4, -0.2) is 5.91 Å². The number of benzene rings is 2. The lowest BCUT2D eigenvalue weighted by atomic mass is 9.92. The number of carbonyl (C=O) groups excluding carboxylic acids is 1. The Hall–Kier alpha value is -2.35. The van der Waals surface area contributed by atoms with Gasteiger partial charge in [0, 0.05) is 12.1 Å². The number of allylic oxidation sites excluding steroid dienone is 1. The molecular formula is C22H31NO. The molecular weight excluding hydrogens is 294 g/mol. The van der Waals surface area contributed by atoms with Gasteiger partial charge in [-0.25, -0.2) is 0 Å². The number of anilines is 1. The summed E-state index contributed by atoms with van der Waals surface area (Å²) in [6.07, 6.45) is 3.13. The fourth-order valence-electron chi connectivity index (χ4n) is 2.22. The Morgan fingerprint density at radius 3 is 1.96 bits per heavy atom. The molecule has 130 valence electrons. The van der Waals surface area contributed by atoms with Crippen LogP contribution in [0.2, 0.25) is 0 Å². The molecule has 0 saturated carbocycles. The Labute approximate surface area is 147 Å². The molecule has 0 unspecified atom stereocenters. The predicted octanol–water partition coefficient (Wildman–Crippen LogP) is 6.43. The van der Waals surface area contributed by atoms with Crippen LogP contribution < -0.4 is 5.32 Å². The van der Waals surface area contributed by atoms with Crippen LogP contribution in [0.4, 0.5) is 5.69 Å². The summed E-state index contributed by atoms with van der Waals surface area (Å²) in [5.41, 5.74) is 2.01. The van der Waals surface area contributed by atoms with E-state index >= 15 is 0 Å². The van der Waals surface area contributed by atoms with Gasteiger partial charge in [0.2, 0.25) is 5.91 Å². The third kappa shape index (κ3) is 8.33. The van der Waals surface area contributed by atoms with Gasteiger partial charge in [-0.2, -0.15) is 0 Å². The fraction of sp³-hybridized carbons (Fsp3) is 0.318. The summed E-state index contributed by atoms with van der Waals surface area (Å²) >= 11 is 0. The summed E-state index contributed by atoms with van der Waals surface area (Å²) in [6.45, 7) is 11.8. The van der Waals surface area contributed by atoms with Crippen molar-refractivity contribution in [2.24, 2.45) is 0 Å². The molecule has 0 aliphatic carbocycles. The molecule has 0 radical (unpaired) electrons. The van der Waals surface area contributed by atoms with Gasteiger partial charge in [-0.1, -0.05) is 82.3 Å². The minimum Gasteiger partial charge on any atom is -0.326 e. The smallest absolute Gasteiger partial charge is 0.224 e. The van der Waals surface area contributed by atoms with E-state index in [9.17, 15) is 4.79 Å². The Bertz CT molecular complexity index is 549. The van der Waals surface area contributed by atoms with E-state index in [0.717, 1.165) is 12.1 Å². The first-order valence-electron chi connectivity index (χ1n) is 8.80. The zero-order valence-corrected chi connectivity index (χ0v) is 15.5. The van der Waals surface area contributed by atoms with Crippen molar-refractivity contribution in [3.05, 3.63) is 78.9 Å². The molecule has 2 heteroatoms. The number of amides is 1. The van der Waals surface area contributed by atoms with Crippen LogP contribution >= 0.6 is 0 Å². The molecule has 0 heterocycles. The third-order valence-corrected chi connectivity index (χ3v) is 3.21. The molecule has 2 nitrogen and oxygen atoms in total. The first kappa shape index (κ1) is 21.7. The van der Waals surface area contributed by atoms with E-state index in [2.05, 4.69) is 24.0 Å². The second-order valence-corrected chi connectivity index (χ2v) is 4.75. The minimum atomic E-state index is 0.0342. The molecule has 0 spiro atoms. The summed E-state index contributed by atoms with van der Waals surface area (Å²) in [6, 6.07) is 19.6. The van der Waals surface area contributed by atoms with Gasteiger partial charge in [0.1, 0.15) is 0 Å². The van der Waals surface area contributed by atoms with E-state index in [0.29, 0.717) is 6.42 Å². The Morgan fingerprint density at radius 2 is 1.46 bits per heavy atom. The SMILES string of the molecule is C=CC[C@H](CC(=O)Nc1ccccc1)c1ccccc1.CC.CC. The summed E-state index contributed by atoms with van der Waals surface area (Å²) in [5, 5.41) is 2.93. The molecule has 1 N–H and O–H groups in total. The highest BCUT2D eigenvalue weighted by atomic mass is 16.1. The minimum absolute atomic E-state index is 0.0342. The van der Waals surface area contributed by atoms with Crippen molar-refractivity contribution in [1.29, 1.82) is 0 Å². The highest BCUT2D eigenvalue weighted by molar-refractivity contribution is 5.91. The molecule has 0 aliphatic rings. The molecule has 1 atom stereocenters. The maximum atomic E-state index is 12.1. The van der Waals surface area contributed by atoms with Gasteiger partial charge >= 0.3 is 0 Å². The third-order valence-electron chi connectivity index (χ3n) is 3.21. The van der Waals surface area contributed by atoms with Crippen molar-refractivity contribution < 1.29 is 4.79 Å². The predicted molar refractivity (Wildman–Crippen MR) is 106 cm³/mol. The van der Waals surface area contributed by atoms with Crippen molar-refractivity contribution in [1.82, 2.24) is 0 Å². The van der Waals surface area contributed by atoms with Crippen molar-refractivity contribution in [2.45, 2.75) is 46.5 Å². The quantitative estimate of drug-likeness (QED) is 0.609. The van der Waals surface area contributed by atoms with Crippen molar-refractivity contribution in [2.75, 3.05) is 5.32 Å². The van der Waals surface area contributed by atoms with Gasteiger partial charge in [0.05, 0.1) is 0 Å². The molecule has 0 aliphatic heterocycles. The fourth-order valence-corrected chi connectivity index (χ4v) is 2.22. The van der Waals surface area contributed by atoms with Crippen LogP contribution in [0, 0.1) is 0 Å². The van der Waals surface area contributed by atoms with Crippen LogP contribution in [0.25, 0.3) is 0 Å². The maximum Gasteiger partial charge on any atom is 0.224 e. The number of hydrogen-bond donors (Lipinski definition) is 1. The second kappa shape index (κ2) is 14.3. The van der Waals surface area contributed by atoms with Crippen LogP contribution in [-0.2, 0) is 4.79 Å². The van der Waals surface area contributed by atoms with E-state index in [1.54, 1.807) is 0 Å². The number of carbonyl (C=O) groups is 1. The zero-order valence-electron chi connectivity index (χ0n) is 15.5. The van der Waals surface area contributed by atoms with E-state index in [4.69, 9.17) is 0 Å². The Morgan fingerprint density at radius 1 is 0.958 bits per heavy atom. The van der Waals surface area contributed by atoms with Crippen LogP contribution in [0.1, 0.15) is 52.0 Å². The van der Waals surface area contributed by atoms with Crippen molar-refractivity contribution >= 4 is 11.6 Å². The van der Waals surface area contributed by atoms with E-state index in [1.807, 2.05) is 82.3 Å². The van der Waals surface area contributed by atoms with Crippen molar-refractivity contribution in [3.63, 3.8) is 0 Å². The molecule has 2 rings (SSSR count). The van der Waals surface area contributed by atoms with Crippen LogP contribution in [0.15, 0.2) is 73.3 Å². The number of hydrogen-bond acceptors (Lipinski definition) is 1. The summed E-state index contributed by atoms with van der Waals surface area (Å²) in [7, 11) is 0. The highest BCUT2D eigenvalue weighted by Crippen LogP contribution is 2.24. The second-order valence-electron chi connectivity index (χ2n) is 4.75. The summed E-state index contributed by atoms with van der Waals surface area (Å²) in [4.78, 5) is 12.1. The van der Waals surface area contributed by atoms with Gasteiger partial charge in [0.25, 0.3) is 0 Å². The van der Waals surface area contributed by atoms with Gasteiger partial charge in [-0.15, -0.1) is 6.58 Å². The molecule has 24 heavy (non-hydrogen) atoms. The highest BCUT2D eigenvalue weighted by Gasteiger charge is 2.14. The number of nitrogens with one attached hydrogen (secondary N) is 1. The average molecular weight is 325 g/mol. The molecule has 2 aromatic carbocycles. The molecule has 0 aromatic heterocycles. The van der Waals surface area contributed by atoms with Crippen molar-refractivity contribution in [3.8, 4) is 0 Å². The van der Waals surface area contributed by atoms with E-state index in [1.165, 1.54) is 5.56 Å². The average Bonchev–Trinajstić information content (AvgIpc) is 2.66. The van der Waals surface area contributed by atoms with Gasteiger partial charge < -0.3 is 5.32 Å². The largest absolute Gasteiger partial charge is 0.326 e. The topological polar surface area (TPSA) is 29.1 Å². The van der Waals surface area contributed by atoms with Crippen LogP contribution in [0.3, 0.4) is 0 Å².